The summed E-state index contributed by atoms with van der Waals surface area (Å²) in [5, 5.41) is 16.9. The topological polar surface area (TPSA) is 122 Å². The third kappa shape index (κ3) is 5.63. The van der Waals surface area contributed by atoms with Crippen LogP contribution in [0.25, 0.3) is 0 Å². The Hall–Kier alpha value is -1.75. The molecule has 9 nitrogen and oxygen atoms in total. The standard InChI is InChI=1S/C17H26N4O5S.ClH/c1-12-4-5-15(21(23)24)10-16(12)27(25,26)20-8-6-14(7-9-20)17(22)19-11-13(2)18-3;/h4-5,10,13-14,18H,6-9,11H2,1-3H3,(H,19,22);1H. The van der Waals surface area contributed by atoms with Crippen molar-refractivity contribution in [2.45, 2.75) is 37.6 Å². The number of nitro groups is 1. The molecule has 1 saturated heterocycles. The zero-order valence-corrected chi connectivity index (χ0v) is 17.8. The Bertz CT molecular complexity index is 810. The fourth-order valence-electron chi connectivity index (χ4n) is 2.98. The maximum absolute atomic E-state index is 12.9. The zero-order valence-electron chi connectivity index (χ0n) is 16.2. The third-order valence-electron chi connectivity index (χ3n) is 4.90. The van der Waals surface area contributed by atoms with Crippen LogP contribution >= 0.6 is 12.4 Å². The highest BCUT2D eigenvalue weighted by atomic mass is 35.5. The van der Waals surface area contributed by atoms with E-state index in [1.807, 2.05) is 14.0 Å². The summed E-state index contributed by atoms with van der Waals surface area (Å²) in [6.07, 6.45) is 0.847. The molecule has 1 fully saturated rings. The maximum atomic E-state index is 12.9. The van der Waals surface area contributed by atoms with Crippen LogP contribution in [0, 0.1) is 23.0 Å². The molecule has 1 atom stereocenters. The van der Waals surface area contributed by atoms with Crippen LogP contribution in [0.4, 0.5) is 5.69 Å². The van der Waals surface area contributed by atoms with Crippen molar-refractivity contribution < 1.29 is 18.1 Å². The van der Waals surface area contributed by atoms with Crippen molar-refractivity contribution in [2.75, 3.05) is 26.7 Å². The van der Waals surface area contributed by atoms with E-state index >= 15 is 0 Å². The van der Waals surface area contributed by atoms with E-state index in [2.05, 4.69) is 10.6 Å². The summed E-state index contributed by atoms with van der Waals surface area (Å²) in [6.45, 7) is 4.51. The average Bonchev–Trinajstić information content (AvgIpc) is 2.65. The number of amides is 1. The van der Waals surface area contributed by atoms with Gasteiger partial charge in [0.2, 0.25) is 15.9 Å². The number of nitrogens with zero attached hydrogens (tertiary/aromatic N) is 2. The fraction of sp³-hybridized carbons (Fsp3) is 0.588. The number of aryl methyl sites for hydroxylation is 1. The van der Waals surface area contributed by atoms with Crippen LogP contribution in [0.15, 0.2) is 23.1 Å². The van der Waals surface area contributed by atoms with Crippen molar-refractivity contribution >= 4 is 34.0 Å². The van der Waals surface area contributed by atoms with Crippen molar-refractivity contribution in [2.24, 2.45) is 5.92 Å². The first-order chi connectivity index (χ1) is 12.7. The fourth-order valence-corrected chi connectivity index (χ4v) is 4.69. The van der Waals surface area contributed by atoms with Gasteiger partial charge in [0.05, 0.1) is 9.82 Å². The molecule has 1 amide bonds. The summed E-state index contributed by atoms with van der Waals surface area (Å²) in [4.78, 5) is 22.5. The Morgan fingerprint density at radius 2 is 1.96 bits per heavy atom. The summed E-state index contributed by atoms with van der Waals surface area (Å²) in [5.74, 6) is -0.299. The number of non-ortho nitro benzene ring substituents is 1. The van der Waals surface area contributed by atoms with Crippen molar-refractivity contribution in [3.05, 3.63) is 33.9 Å². The van der Waals surface area contributed by atoms with E-state index < -0.39 is 14.9 Å². The van der Waals surface area contributed by atoms with Gasteiger partial charge < -0.3 is 10.6 Å². The molecule has 1 aromatic carbocycles. The summed E-state index contributed by atoms with van der Waals surface area (Å²) in [7, 11) is -2.02. The number of hydrogen-bond acceptors (Lipinski definition) is 6. The van der Waals surface area contributed by atoms with Crippen molar-refractivity contribution in [1.29, 1.82) is 0 Å². The Morgan fingerprint density at radius 1 is 1.36 bits per heavy atom. The van der Waals surface area contributed by atoms with E-state index in [1.54, 1.807) is 6.92 Å². The third-order valence-corrected chi connectivity index (χ3v) is 6.94. The first-order valence-electron chi connectivity index (χ1n) is 8.87. The number of carbonyl (C=O) groups excluding carboxylic acids is 1. The van der Waals surface area contributed by atoms with Gasteiger partial charge in [0.25, 0.3) is 5.69 Å². The van der Waals surface area contributed by atoms with Crippen molar-refractivity contribution in [1.82, 2.24) is 14.9 Å². The van der Waals surface area contributed by atoms with Gasteiger partial charge in [-0.15, -0.1) is 12.4 Å². The minimum Gasteiger partial charge on any atom is -0.354 e. The number of benzene rings is 1. The number of piperidine rings is 1. The molecule has 0 spiro atoms. The van der Waals surface area contributed by atoms with Gasteiger partial charge >= 0.3 is 0 Å². The average molecular weight is 435 g/mol. The van der Waals surface area contributed by atoms with Crippen molar-refractivity contribution in [3.63, 3.8) is 0 Å². The molecule has 0 saturated carbocycles. The van der Waals surface area contributed by atoms with E-state index in [4.69, 9.17) is 0 Å². The SMILES string of the molecule is CNC(C)CNC(=O)C1CCN(S(=O)(=O)c2cc([N+](=O)[O-])ccc2C)CC1.Cl. The minimum atomic E-state index is -3.84. The number of carbonyl (C=O) groups is 1. The maximum Gasteiger partial charge on any atom is 0.270 e. The highest BCUT2D eigenvalue weighted by molar-refractivity contribution is 7.89. The summed E-state index contributed by atoms with van der Waals surface area (Å²) in [5.41, 5.74) is 0.202. The van der Waals surface area contributed by atoms with Gasteiger partial charge in [-0.3, -0.25) is 14.9 Å². The Morgan fingerprint density at radius 3 is 2.50 bits per heavy atom. The number of likely N-dealkylation sites (N-methyl/N-ethyl adjacent to an activating group) is 1. The van der Waals surface area contributed by atoms with E-state index in [0.717, 1.165) is 6.07 Å². The van der Waals surface area contributed by atoms with Gasteiger partial charge in [0.1, 0.15) is 0 Å². The number of sulfonamides is 1. The quantitative estimate of drug-likeness (QED) is 0.494. The molecule has 1 aliphatic rings. The number of rotatable bonds is 7. The van der Waals surface area contributed by atoms with E-state index in [0.29, 0.717) is 24.9 Å². The highest BCUT2D eigenvalue weighted by Gasteiger charge is 2.33. The lowest BCUT2D eigenvalue weighted by atomic mass is 9.97. The van der Waals surface area contributed by atoms with Gasteiger partial charge in [0.15, 0.2) is 0 Å². The highest BCUT2D eigenvalue weighted by Crippen LogP contribution is 2.28. The number of hydrogen-bond donors (Lipinski definition) is 2. The lowest BCUT2D eigenvalue weighted by Gasteiger charge is -2.31. The molecule has 1 heterocycles. The summed E-state index contributed by atoms with van der Waals surface area (Å²) < 4.78 is 27.1. The predicted octanol–water partition coefficient (Wildman–Crippen LogP) is 1.45. The Balaban J connectivity index is 0.00000392. The van der Waals surface area contributed by atoms with Crippen LogP contribution in [0.1, 0.15) is 25.3 Å². The molecule has 0 bridgehead atoms. The van der Waals surface area contributed by atoms with Gasteiger partial charge in [0, 0.05) is 43.7 Å². The van der Waals surface area contributed by atoms with Crippen LogP contribution < -0.4 is 10.6 Å². The normalized spacial score (nSPS) is 16.8. The lowest BCUT2D eigenvalue weighted by Crippen LogP contribution is -2.45. The second-order valence-electron chi connectivity index (χ2n) is 6.82. The van der Waals surface area contributed by atoms with Crippen LogP contribution in [0.3, 0.4) is 0 Å². The van der Waals surface area contributed by atoms with Gasteiger partial charge in [-0.2, -0.15) is 4.31 Å². The monoisotopic (exact) mass is 434 g/mol. The molecule has 0 aliphatic carbocycles. The molecular formula is C17H27ClN4O5S. The smallest absolute Gasteiger partial charge is 0.270 e. The summed E-state index contributed by atoms with van der Waals surface area (Å²) >= 11 is 0. The largest absolute Gasteiger partial charge is 0.354 e. The summed E-state index contributed by atoms with van der Waals surface area (Å²) in [6, 6.07) is 3.99. The molecule has 11 heteroatoms. The number of nitro benzene ring substituents is 1. The first kappa shape index (κ1) is 24.3. The second-order valence-corrected chi connectivity index (χ2v) is 8.73. The number of nitrogens with one attached hydrogen (secondary N) is 2. The Labute approximate surface area is 171 Å². The molecule has 2 rings (SSSR count). The second kappa shape index (κ2) is 10.1. The molecule has 1 aromatic rings. The van der Waals surface area contributed by atoms with Crippen LogP contribution in [-0.4, -0.2) is 56.3 Å². The molecule has 28 heavy (non-hydrogen) atoms. The van der Waals surface area contributed by atoms with Crippen LogP contribution in [-0.2, 0) is 14.8 Å². The van der Waals surface area contributed by atoms with E-state index in [1.165, 1.54) is 16.4 Å². The predicted molar refractivity (Wildman–Crippen MR) is 108 cm³/mol. The zero-order chi connectivity index (χ0) is 20.2. The molecule has 0 aromatic heterocycles. The van der Waals surface area contributed by atoms with Crippen LogP contribution in [0.2, 0.25) is 0 Å². The van der Waals surface area contributed by atoms with Gasteiger partial charge in [-0.25, -0.2) is 8.42 Å². The van der Waals surface area contributed by atoms with Gasteiger partial charge in [-0.05, 0) is 39.3 Å². The van der Waals surface area contributed by atoms with E-state index in [9.17, 15) is 23.3 Å². The number of halogens is 1. The first-order valence-corrected chi connectivity index (χ1v) is 10.3. The molecule has 0 radical (unpaired) electrons. The lowest BCUT2D eigenvalue weighted by molar-refractivity contribution is -0.385. The Kier molecular flexibility index (Phi) is 8.80. The minimum absolute atomic E-state index is 0. The molecular weight excluding hydrogens is 408 g/mol. The van der Waals surface area contributed by atoms with Crippen molar-refractivity contribution in [3.8, 4) is 0 Å². The van der Waals surface area contributed by atoms with Crippen LogP contribution in [0.5, 0.6) is 0 Å². The molecule has 1 aliphatic heterocycles. The van der Waals surface area contributed by atoms with E-state index in [-0.39, 0.29) is 53.9 Å². The molecule has 158 valence electrons. The van der Waals surface area contributed by atoms with Gasteiger partial charge in [-0.1, -0.05) is 6.07 Å². The molecule has 1 unspecified atom stereocenters. The molecule has 2 N–H and O–H groups in total.